The minimum atomic E-state index is -2.29. The predicted octanol–water partition coefficient (Wildman–Crippen LogP) is 10.8. The van der Waals surface area contributed by atoms with E-state index in [1.807, 2.05) is 48.7 Å². The quantitative estimate of drug-likeness (QED) is 0.173. The number of rotatable bonds is 5. The first kappa shape index (κ1) is 27.8. The molecule has 0 N–H and O–H groups in total. The summed E-state index contributed by atoms with van der Waals surface area (Å²) in [5, 5.41) is 2.28. The molecule has 8 aromatic rings. The van der Waals surface area contributed by atoms with Crippen LogP contribution in [0.3, 0.4) is 0 Å². The first-order valence-corrected chi connectivity index (χ1v) is 18.2. The van der Waals surface area contributed by atoms with E-state index in [2.05, 4.69) is 128 Å². The van der Waals surface area contributed by atoms with Crippen molar-refractivity contribution in [1.82, 2.24) is 18.7 Å². The Hall–Kier alpha value is -4.99. The Balaban J connectivity index is 1.15. The molecule has 9 rings (SSSR count). The van der Waals surface area contributed by atoms with Gasteiger partial charge in [0, 0.05) is 6.20 Å². The van der Waals surface area contributed by atoms with Gasteiger partial charge in [-0.2, -0.15) is 0 Å². The summed E-state index contributed by atoms with van der Waals surface area (Å²) in [6.45, 7) is 4.38. The second-order valence-electron chi connectivity index (χ2n) is 14.2. The van der Waals surface area contributed by atoms with E-state index in [4.69, 9.17) is 13.8 Å². The number of nitrogens with zero attached hydrogens (tertiary/aromatic N) is 4. The molecular formula is C44H38N4OPt. The molecule has 1 aliphatic carbocycles. The number of hydrogen-bond acceptors (Lipinski definition) is 2. The second kappa shape index (κ2) is 11.8. The van der Waals surface area contributed by atoms with E-state index in [0.717, 1.165) is 68.6 Å². The van der Waals surface area contributed by atoms with E-state index in [9.17, 15) is 0 Å². The van der Waals surface area contributed by atoms with Gasteiger partial charge in [0.1, 0.15) is 0 Å². The van der Waals surface area contributed by atoms with Crippen molar-refractivity contribution in [2.24, 2.45) is 6.98 Å². The van der Waals surface area contributed by atoms with Crippen molar-refractivity contribution >= 4 is 32.8 Å². The van der Waals surface area contributed by atoms with Crippen LogP contribution < -0.4 is 4.74 Å². The molecule has 1 atom stereocenters. The summed E-state index contributed by atoms with van der Waals surface area (Å²) < 4.78 is 38.2. The topological polar surface area (TPSA) is 36.9 Å². The average molecular weight is 837 g/mol. The van der Waals surface area contributed by atoms with Crippen molar-refractivity contribution in [2.75, 3.05) is 0 Å². The number of aryl methyl sites for hydroxylation is 2. The molecule has 3 aromatic heterocycles. The van der Waals surface area contributed by atoms with Crippen LogP contribution in [0.5, 0.6) is 11.5 Å². The molecule has 0 bridgehead atoms. The van der Waals surface area contributed by atoms with Gasteiger partial charge in [-0.25, -0.2) is 4.98 Å². The van der Waals surface area contributed by atoms with Crippen LogP contribution in [0, 0.1) is 3.80 Å². The summed E-state index contributed by atoms with van der Waals surface area (Å²) in [6, 6.07) is 41.9. The molecule has 50 heavy (non-hydrogen) atoms. The predicted molar refractivity (Wildman–Crippen MR) is 200 cm³/mol. The molecule has 0 saturated carbocycles. The second-order valence-corrected chi connectivity index (χ2v) is 15.2. The molecule has 0 amide bonds. The summed E-state index contributed by atoms with van der Waals surface area (Å²) in [5.41, 5.74) is 9.66. The van der Waals surface area contributed by atoms with Crippen LogP contribution in [-0.2, 0) is 38.2 Å². The van der Waals surface area contributed by atoms with E-state index < -0.39 is 6.98 Å². The number of ether oxygens (including phenoxy) is 1. The molecule has 5 nitrogen and oxygen atoms in total. The first-order chi connectivity index (χ1) is 25.5. The van der Waals surface area contributed by atoms with Crippen LogP contribution in [0.15, 0.2) is 128 Å². The third-order valence-corrected chi connectivity index (χ3v) is 11.2. The van der Waals surface area contributed by atoms with Gasteiger partial charge in [0.05, 0.1) is 0 Å². The fourth-order valence-electron chi connectivity index (χ4n) is 7.59. The van der Waals surface area contributed by atoms with Crippen LogP contribution >= 0.6 is 0 Å². The summed E-state index contributed by atoms with van der Waals surface area (Å²) in [4.78, 5) is 4.89. The number of aromatic nitrogens is 4. The monoisotopic (exact) mass is 836 g/mol. The van der Waals surface area contributed by atoms with Crippen LogP contribution in [0.25, 0.3) is 49.8 Å². The Morgan fingerprint density at radius 1 is 0.740 bits per heavy atom. The minimum absolute atomic E-state index is 0.0143. The molecule has 5 aromatic carbocycles. The van der Waals surface area contributed by atoms with E-state index in [1.165, 1.54) is 21.3 Å². The van der Waals surface area contributed by atoms with Gasteiger partial charge in [-0.3, -0.25) is 0 Å². The Labute approximate surface area is 307 Å². The van der Waals surface area contributed by atoms with E-state index in [-0.39, 0.29) is 11.5 Å². The Bertz CT molecular complexity index is 2770. The molecule has 0 aliphatic heterocycles. The maximum atomic E-state index is 8.29. The Morgan fingerprint density at radius 2 is 1.52 bits per heavy atom. The van der Waals surface area contributed by atoms with Gasteiger partial charge in [0.25, 0.3) is 0 Å². The van der Waals surface area contributed by atoms with Crippen molar-refractivity contribution in [3.63, 3.8) is 0 Å². The molecule has 1 unspecified atom stereocenters. The van der Waals surface area contributed by atoms with Gasteiger partial charge in [0.15, 0.2) is 0 Å². The number of para-hydroxylation sites is 2. The van der Waals surface area contributed by atoms with Crippen LogP contribution in [0.1, 0.15) is 54.0 Å². The van der Waals surface area contributed by atoms with Gasteiger partial charge in [-0.05, 0) is 46.4 Å². The van der Waals surface area contributed by atoms with Crippen molar-refractivity contribution in [1.29, 1.82) is 0 Å². The van der Waals surface area contributed by atoms with E-state index in [1.54, 1.807) is 0 Å². The van der Waals surface area contributed by atoms with Gasteiger partial charge in [-0.15, -0.1) is 0 Å². The molecule has 6 heteroatoms. The average Bonchev–Trinajstić information content (AvgIpc) is 3.79. The summed E-state index contributed by atoms with van der Waals surface area (Å²) in [5.74, 6) is 2.34. The van der Waals surface area contributed by atoms with E-state index >= 15 is 0 Å². The molecule has 1 aliphatic rings. The van der Waals surface area contributed by atoms with Crippen molar-refractivity contribution in [3.8, 4) is 28.4 Å². The number of pyridine rings is 1. The summed E-state index contributed by atoms with van der Waals surface area (Å²) in [7, 11) is 0. The van der Waals surface area contributed by atoms with Crippen LogP contribution in [-0.4, -0.2) is 18.7 Å². The molecule has 0 spiro atoms. The number of hydrogen-bond donors (Lipinski definition) is 0. The molecule has 250 valence electrons. The molecule has 0 radical (unpaired) electrons. The van der Waals surface area contributed by atoms with Crippen molar-refractivity contribution in [2.45, 2.75) is 45.1 Å². The standard InChI is InChI=1S/C44H38N4O.Pt/c1-44(2,3)32-22-23-45-43(25-32)48-39-21-16-31(29-10-6-5-7-11-29)24-37(39)35-19-18-34(27-42(35)48)49-33-17-14-30-15-20-38(36(30)26-33)47-28-46(4)40-12-8-9-13-41(40)47;/h5-14,16-19,21-27,38H,15,20H2,1-4H3;/i4D3;. The number of benzene rings is 5. The van der Waals surface area contributed by atoms with Gasteiger partial charge in [-0.1, -0.05) is 57.2 Å². The molecular weight excluding hydrogens is 796 g/mol. The van der Waals surface area contributed by atoms with Crippen LogP contribution in [0.4, 0.5) is 0 Å². The third kappa shape index (κ3) is 5.10. The fraction of sp³-hybridized carbons (Fsp3) is 0.182. The van der Waals surface area contributed by atoms with Crippen LogP contribution in [0.2, 0.25) is 0 Å². The van der Waals surface area contributed by atoms with Gasteiger partial charge in [0.2, 0.25) is 0 Å². The zero-order valence-electron chi connectivity index (χ0n) is 31.1. The summed E-state index contributed by atoms with van der Waals surface area (Å²) >= 11 is 2.17. The Morgan fingerprint density at radius 3 is 2.34 bits per heavy atom. The molecule has 0 fully saturated rings. The first-order valence-electron chi connectivity index (χ1n) is 18.5. The number of imidazole rings is 1. The molecule has 3 heterocycles. The fourth-order valence-corrected chi connectivity index (χ4v) is 8.49. The molecule has 0 saturated heterocycles. The van der Waals surface area contributed by atoms with Crippen molar-refractivity contribution in [3.05, 3.63) is 148 Å². The maximum absolute atomic E-state index is 8.29. The van der Waals surface area contributed by atoms with Crippen molar-refractivity contribution < 1.29 is 28.2 Å². The van der Waals surface area contributed by atoms with E-state index in [0.29, 0.717) is 9.32 Å². The zero-order chi connectivity index (χ0) is 36.6. The third-order valence-electron chi connectivity index (χ3n) is 10.1. The van der Waals surface area contributed by atoms with Gasteiger partial charge < -0.3 is 0 Å². The zero-order valence-corrected chi connectivity index (χ0v) is 30.4. The van der Waals surface area contributed by atoms with Gasteiger partial charge >= 0.3 is 194 Å². The summed E-state index contributed by atoms with van der Waals surface area (Å²) in [6.07, 6.45) is 3.70. The Kier molecular flexibility index (Phi) is 6.57. The SMILES string of the molecule is [2H]C([2H])([2H])n1[c](=[Pt])n(C2CCc3ccc(Oc4ccc5c6cc(-c7ccccc7)ccc6n(-c6cc(C(C)(C)C)ccn6)c5c4)cc32)c2ccccc21. The number of fused-ring (bicyclic) bond motifs is 5. The normalized spacial score (nSPS) is 15.7.